The topological polar surface area (TPSA) is 52.0 Å². The number of hydrogen-bond donors (Lipinski definition) is 0. The minimum Gasteiger partial charge on any atom is -0.237 e. The van der Waals surface area contributed by atoms with Gasteiger partial charge in [0.05, 0.1) is 9.92 Å². The van der Waals surface area contributed by atoms with Crippen LogP contribution in [0.25, 0.3) is 11.0 Å². The van der Waals surface area contributed by atoms with Crippen LogP contribution in [0.5, 0.6) is 0 Å². The van der Waals surface area contributed by atoms with Crippen molar-refractivity contribution >= 4 is 55.2 Å². The highest BCUT2D eigenvalue weighted by atomic mass is 127. The first-order chi connectivity index (χ1) is 9.93. The molecule has 4 nitrogen and oxygen atoms in total. The Hall–Kier alpha value is -1.12. The van der Waals surface area contributed by atoms with Crippen LogP contribution in [0.1, 0.15) is 5.56 Å². The van der Waals surface area contributed by atoms with Gasteiger partial charge in [0.15, 0.2) is 5.65 Å². The van der Waals surface area contributed by atoms with Gasteiger partial charge in [0.25, 0.3) is 10.0 Å². The van der Waals surface area contributed by atoms with Gasteiger partial charge < -0.3 is 0 Å². The van der Waals surface area contributed by atoms with Gasteiger partial charge in [0, 0.05) is 11.6 Å². The molecule has 3 rings (SSSR count). The third-order valence-corrected chi connectivity index (χ3v) is 6.89. The van der Waals surface area contributed by atoms with E-state index >= 15 is 0 Å². The predicted octanol–water partition coefficient (Wildman–Crippen LogP) is 3.84. The fourth-order valence-corrected chi connectivity index (χ4v) is 5.00. The number of aromatic nitrogens is 2. The van der Waals surface area contributed by atoms with Crippen molar-refractivity contribution in [3.05, 3.63) is 56.9 Å². The Morgan fingerprint density at radius 1 is 1.19 bits per heavy atom. The summed E-state index contributed by atoms with van der Waals surface area (Å²) in [7, 11) is -3.73. The summed E-state index contributed by atoms with van der Waals surface area (Å²) in [6.45, 7) is 1.91. The van der Waals surface area contributed by atoms with E-state index in [1.54, 1.807) is 42.6 Å². The number of rotatable bonds is 2. The molecule has 3 aromatic rings. The van der Waals surface area contributed by atoms with E-state index in [4.69, 9.17) is 11.6 Å². The SMILES string of the molecule is Cc1ccc(S(=O)(=O)n2c(I)c(Cl)c3cccnc32)cc1. The third-order valence-electron chi connectivity index (χ3n) is 3.13. The molecule has 0 fully saturated rings. The van der Waals surface area contributed by atoms with Crippen LogP contribution in [-0.2, 0) is 10.0 Å². The maximum Gasteiger partial charge on any atom is 0.270 e. The first kappa shape index (κ1) is 14.8. The van der Waals surface area contributed by atoms with E-state index in [0.717, 1.165) is 5.56 Å². The summed E-state index contributed by atoms with van der Waals surface area (Å²) in [5, 5.41) is 1.02. The lowest BCUT2D eigenvalue weighted by Crippen LogP contribution is -2.15. The van der Waals surface area contributed by atoms with E-state index in [-0.39, 0.29) is 4.90 Å². The van der Waals surface area contributed by atoms with Crippen LogP contribution in [0, 0.1) is 10.6 Å². The summed E-state index contributed by atoms with van der Waals surface area (Å²) < 4.78 is 27.3. The van der Waals surface area contributed by atoms with E-state index in [9.17, 15) is 8.42 Å². The van der Waals surface area contributed by atoms with E-state index in [0.29, 0.717) is 19.8 Å². The molecule has 7 heteroatoms. The fourth-order valence-electron chi connectivity index (χ4n) is 2.06. The molecule has 0 aliphatic heterocycles. The molecule has 0 saturated heterocycles. The van der Waals surface area contributed by atoms with Crippen LogP contribution in [0.4, 0.5) is 0 Å². The van der Waals surface area contributed by atoms with E-state index in [1.807, 2.05) is 29.5 Å². The lowest BCUT2D eigenvalue weighted by atomic mass is 10.2. The molecule has 0 amide bonds. The Balaban J connectivity index is 2.34. The molecule has 0 bridgehead atoms. The second-order valence-corrected chi connectivity index (χ2v) is 7.75. The Bertz CT molecular complexity index is 934. The highest BCUT2D eigenvalue weighted by Gasteiger charge is 2.25. The maximum absolute atomic E-state index is 12.9. The van der Waals surface area contributed by atoms with Gasteiger partial charge in [-0.25, -0.2) is 17.4 Å². The summed E-state index contributed by atoms with van der Waals surface area (Å²) in [6.07, 6.45) is 1.55. The Morgan fingerprint density at radius 3 is 2.52 bits per heavy atom. The van der Waals surface area contributed by atoms with Crippen molar-refractivity contribution in [3.63, 3.8) is 0 Å². The largest absolute Gasteiger partial charge is 0.270 e. The first-order valence-electron chi connectivity index (χ1n) is 6.05. The Morgan fingerprint density at radius 2 is 1.86 bits per heavy atom. The molecule has 0 atom stereocenters. The highest BCUT2D eigenvalue weighted by molar-refractivity contribution is 14.1. The van der Waals surface area contributed by atoms with E-state index in [2.05, 4.69) is 4.98 Å². The number of pyridine rings is 1. The van der Waals surface area contributed by atoms with Crippen molar-refractivity contribution in [3.8, 4) is 0 Å². The quantitative estimate of drug-likeness (QED) is 0.578. The van der Waals surface area contributed by atoms with Gasteiger partial charge in [-0.05, 0) is 53.8 Å². The molecule has 1 aromatic carbocycles. The average molecular weight is 433 g/mol. The number of halogens is 2. The van der Waals surface area contributed by atoms with E-state index < -0.39 is 10.0 Å². The van der Waals surface area contributed by atoms with Crippen LogP contribution in [-0.4, -0.2) is 17.4 Å². The minimum atomic E-state index is -3.73. The van der Waals surface area contributed by atoms with Gasteiger partial charge in [-0.2, -0.15) is 0 Å². The first-order valence-corrected chi connectivity index (χ1v) is 8.95. The molecular formula is C14H10ClIN2O2S. The molecule has 0 N–H and O–H groups in total. The molecule has 0 aliphatic rings. The summed E-state index contributed by atoms with van der Waals surface area (Å²) >= 11 is 8.16. The van der Waals surface area contributed by atoms with Gasteiger partial charge in [0.1, 0.15) is 3.70 Å². The zero-order chi connectivity index (χ0) is 15.2. The number of nitrogens with zero attached hydrogens (tertiary/aromatic N) is 2. The highest BCUT2D eigenvalue weighted by Crippen LogP contribution is 2.33. The smallest absolute Gasteiger partial charge is 0.237 e. The normalized spacial score (nSPS) is 12.0. The van der Waals surface area contributed by atoms with Crippen LogP contribution in [0.3, 0.4) is 0 Å². The molecule has 0 saturated carbocycles. The van der Waals surface area contributed by atoms with Gasteiger partial charge in [-0.15, -0.1) is 0 Å². The van der Waals surface area contributed by atoms with Crippen molar-refractivity contribution in [1.29, 1.82) is 0 Å². The van der Waals surface area contributed by atoms with Gasteiger partial charge >= 0.3 is 0 Å². The van der Waals surface area contributed by atoms with Crippen molar-refractivity contribution in [2.75, 3.05) is 0 Å². The predicted molar refractivity (Wildman–Crippen MR) is 91.2 cm³/mol. The van der Waals surface area contributed by atoms with Crippen LogP contribution < -0.4 is 0 Å². The Labute approximate surface area is 140 Å². The molecule has 2 aromatic heterocycles. The van der Waals surface area contributed by atoms with E-state index in [1.165, 1.54) is 3.97 Å². The monoisotopic (exact) mass is 432 g/mol. The molecule has 0 unspecified atom stereocenters. The number of benzene rings is 1. The molecule has 0 radical (unpaired) electrons. The second-order valence-electron chi connectivity index (χ2n) is 4.56. The summed E-state index contributed by atoms with van der Waals surface area (Å²) in [4.78, 5) is 4.38. The van der Waals surface area contributed by atoms with Crippen LogP contribution in [0.2, 0.25) is 5.02 Å². The van der Waals surface area contributed by atoms with Crippen molar-refractivity contribution in [2.45, 2.75) is 11.8 Å². The van der Waals surface area contributed by atoms with Gasteiger partial charge in [0.2, 0.25) is 0 Å². The number of fused-ring (bicyclic) bond motifs is 1. The standard InChI is InChI=1S/C14H10ClIN2O2S/c1-9-4-6-10(7-5-9)21(19,20)18-13(16)12(15)11-3-2-8-17-14(11)18/h2-8H,1H3. The lowest BCUT2D eigenvalue weighted by molar-refractivity contribution is 0.588. The molecule has 0 aliphatic carbocycles. The van der Waals surface area contributed by atoms with Crippen molar-refractivity contribution in [1.82, 2.24) is 8.96 Å². The maximum atomic E-state index is 12.9. The summed E-state index contributed by atoms with van der Waals surface area (Å²) in [5.41, 5.74) is 1.34. The molecule has 2 heterocycles. The summed E-state index contributed by atoms with van der Waals surface area (Å²) in [6, 6.07) is 10.2. The Kier molecular flexibility index (Phi) is 3.71. The number of hydrogen-bond acceptors (Lipinski definition) is 3. The second kappa shape index (κ2) is 5.26. The zero-order valence-electron chi connectivity index (χ0n) is 10.9. The third kappa shape index (κ3) is 2.35. The fraction of sp³-hybridized carbons (Fsp3) is 0.0714. The van der Waals surface area contributed by atoms with Crippen molar-refractivity contribution < 1.29 is 8.42 Å². The lowest BCUT2D eigenvalue weighted by Gasteiger charge is -2.08. The molecular weight excluding hydrogens is 423 g/mol. The van der Waals surface area contributed by atoms with Crippen LogP contribution >= 0.6 is 34.2 Å². The molecule has 0 spiro atoms. The number of aryl methyl sites for hydroxylation is 1. The minimum absolute atomic E-state index is 0.213. The average Bonchev–Trinajstić information content (AvgIpc) is 2.72. The zero-order valence-corrected chi connectivity index (χ0v) is 14.6. The molecule has 108 valence electrons. The summed E-state index contributed by atoms with van der Waals surface area (Å²) in [5.74, 6) is 0. The molecule has 21 heavy (non-hydrogen) atoms. The van der Waals surface area contributed by atoms with Gasteiger partial charge in [-0.1, -0.05) is 29.3 Å². The van der Waals surface area contributed by atoms with Crippen molar-refractivity contribution in [2.24, 2.45) is 0 Å². The van der Waals surface area contributed by atoms with Gasteiger partial charge in [-0.3, -0.25) is 0 Å². The van der Waals surface area contributed by atoms with Crippen LogP contribution in [0.15, 0.2) is 47.5 Å².